The molecule has 0 amide bonds. The van der Waals surface area contributed by atoms with Gasteiger partial charge >= 0.3 is 0 Å². The van der Waals surface area contributed by atoms with Crippen LogP contribution in [0.15, 0.2) is 18.2 Å². The number of anilines is 1. The Kier molecular flexibility index (Phi) is 4.49. The zero-order valence-electron chi connectivity index (χ0n) is 12.6. The molecule has 0 radical (unpaired) electrons. The number of halogens is 1. The van der Waals surface area contributed by atoms with Crippen molar-refractivity contribution in [1.29, 1.82) is 5.41 Å². The Labute approximate surface area is 124 Å². The van der Waals surface area contributed by atoms with Crippen LogP contribution in [0.3, 0.4) is 0 Å². The highest BCUT2D eigenvalue weighted by atomic mass is 19.1. The van der Waals surface area contributed by atoms with Crippen molar-refractivity contribution in [2.24, 2.45) is 5.73 Å². The van der Waals surface area contributed by atoms with Crippen molar-refractivity contribution in [3.63, 3.8) is 0 Å². The Morgan fingerprint density at radius 2 is 1.95 bits per heavy atom. The number of hydrogen-bond acceptors (Lipinski definition) is 4. The lowest BCUT2D eigenvalue weighted by Crippen LogP contribution is -2.50. The molecular weight excluding hydrogens is 271 g/mol. The van der Waals surface area contributed by atoms with Gasteiger partial charge in [-0.3, -0.25) is 10.3 Å². The summed E-state index contributed by atoms with van der Waals surface area (Å²) < 4.78 is 13.3. The summed E-state index contributed by atoms with van der Waals surface area (Å²) in [7, 11) is 0. The maximum atomic E-state index is 13.3. The summed E-state index contributed by atoms with van der Waals surface area (Å²) in [6.07, 6.45) is 0. The van der Waals surface area contributed by atoms with Gasteiger partial charge in [-0.25, -0.2) is 4.39 Å². The molecule has 5 nitrogen and oxygen atoms in total. The number of nitrogens with one attached hydrogen (secondary N) is 1. The van der Waals surface area contributed by atoms with Crippen LogP contribution in [0.2, 0.25) is 0 Å². The van der Waals surface area contributed by atoms with Crippen LogP contribution in [0.5, 0.6) is 0 Å². The topological polar surface area (TPSA) is 76.6 Å². The molecule has 116 valence electrons. The maximum absolute atomic E-state index is 13.3. The molecule has 0 unspecified atom stereocenters. The molecule has 0 saturated carbocycles. The molecule has 21 heavy (non-hydrogen) atoms. The average molecular weight is 294 g/mol. The van der Waals surface area contributed by atoms with Crippen molar-refractivity contribution in [2.45, 2.75) is 19.4 Å². The number of nitrogens with two attached hydrogens (primary N) is 1. The first kappa shape index (κ1) is 15.7. The van der Waals surface area contributed by atoms with Crippen LogP contribution in [0.1, 0.15) is 19.4 Å². The van der Waals surface area contributed by atoms with E-state index >= 15 is 0 Å². The third kappa shape index (κ3) is 4.15. The van der Waals surface area contributed by atoms with Gasteiger partial charge in [0.2, 0.25) is 0 Å². The van der Waals surface area contributed by atoms with Gasteiger partial charge in [-0.05, 0) is 32.0 Å². The van der Waals surface area contributed by atoms with E-state index in [1.807, 2.05) is 0 Å². The highest BCUT2D eigenvalue weighted by Crippen LogP contribution is 2.23. The summed E-state index contributed by atoms with van der Waals surface area (Å²) in [5, 5.41) is 17.4. The molecule has 0 aliphatic carbocycles. The highest BCUT2D eigenvalue weighted by molar-refractivity contribution is 6.00. The molecule has 4 N–H and O–H groups in total. The summed E-state index contributed by atoms with van der Waals surface area (Å²) in [5.41, 5.74) is 6.08. The zero-order chi connectivity index (χ0) is 15.6. The molecule has 6 heteroatoms. The molecule has 1 saturated heterocycles. The number of hydrogen-bond donors (Lipinski definition) is 3. The van der Waals surface area contributed by atoms with E-state index < -0.39 is 5.60 Å². The van der Waals surface area contributed by atoms with Crippen LogP contribution in [-0.2, 0) is 0 Å². The summed E-state index contributed by atoms with van der Waals surface area (Å²) in [5.74, 6) is -0.506. The summed E-state index contributed by atoms with van der Waals surface area (Å²) in [6.45, 7) is 7.39. The van der Waals surface area contributed by atoms with Crippen molar-refractivity contribution in [2.75, 3.05) is 37.6 Å². The minimum Gasteiger partial charge on any atom is -0.389 e. The minimum atomic E-state index is -0.706. The largest absolute Gasteiger partial charge is 0.389 e. The number of rotatable bonds is 4. The second-order valence-corrected chi connectivity index (χ2v) is 6.15. The SMILES string of the molecule is CC(C)(O)CN1CCN(c2ccc(F)cc2C(=N)N)CC1. The van der Waals surface area contributed by atoms with E-state index in [9.17, 15) is 9.50 Å². The second kappa shape index (κ2) is 5.99. The van der Waals surface area contributed by atoms with Crippen molar-refractivity contribution < 1.29 is 9.50 Å². The van der Waals surface area contributed by atoms with Gasteiger partial charge in [-0.1, -0.05) is 0 Å². The Morgan fingerprint density at radius 3 is 2.48 bits per heavy atom. The highest BCUT2D eigenvalue weighted by Gasteiger charge is 2.24. The third-order valence-electron chi connectivity index (χ3n) is 3.57. The Balaban J connectivity index is 2.07. The first-order chi connectivity index (χ1) is 9.76. The second-order valence-electron chi connectivity index (χ2n) is 6.15. The Hall–Kier alpha value is -1.66. The fourth-order valence-electron chi connectivity index (χ4n) is 2.69. The predicted octanol–water partition coefficient (Wildman–Crippen LogP) is 1.00. The van der Waals surface area contributed by atoms with E-state index in [2.05, 4.69) is 9.80 Å². The van der Waals surface area contributed by atoms with Crippen LogP contribution in [-0.4, -0.2) is 54.2 Å². The quantitative estimate of drug-likeness (QED) is 0.572. The predicted molar refractivity (Wildman–Crippen MR) is 82.4 cm³/mol. The lowest BCUT2D eigenvalue weighted by Gasteiger charge is -2.39. The molecule has 1 aromatic rings. The monoisotopic (exact) mass is 294 g/mol. The van der Waals surface area contributed by atoms with Gasteiger partial charge in [-0.15, -0.1) is 0 Å². The minimum absolute atomic E-state index is 0.122. The average Bonchev–Trinajstić information content (AvgIpc) is 2.38. The summed E-state index contributed by atoms with van der Waals surface area (Å²) >= 11 is 0. The van der Waals surface area contributed by atoms with Crippen LogP contribution in [0, 0.1) is 11.2 Å². The van der Waals surface area contributed by atoms with Crippen molar-refractivity contribution in [3.8, 4) is 0 Å². The number of piperazine rings is 1. The lowest BCUT2D eigenvalue weighted by atomic mass is 10.1. The molecule has 2 rings (SSSR count). The van der Waals surface area contributed by atoms with E-state index in [0.29, 0.717) is 12.1 Å². The first-order valence-electron chi connectivity index (χ1n) is 7.10. The van der Waals surface area contributed by atoms with Gasteiger partial charge in [0.1, 0.15) is 11.7 Å². The van der Waals surface area contributed by atoms with E-state index in [0.717, 1.165) is 31.9 Å². The summed E-state index contributed by atoms with van der Waals surface area (Å²) in [4.78, 5) is 4.31. The molecule has 0 aromatic heterocycles. The normalized spacial score (nSPS) is 17.0. The molecule has 1 heterocycles. The van der Waals surface area contributed by atoms with Crippen molar-refractivity contribution in [1.82, 2.24) is 4.90 Å². The standard InChI is InChI=1S/C15H23FN4O/c1-15(2,21)10-19-5-7-20(8-6-19)13-4-3-11(16)9-12(13)14(17)18/h3-4,9,21H,5-8,10H2,1-2H3,(H3,17,18). The van der Waals surface area contributed by atoms with Crippen molar-refractivity contribution in [3.05, 3.63) is 29.6 Å². The van der Waals surface area contributed by atoms with Crippen LogP contribution in [0.25, 0.3) is 0 Å². The Bertz CT molecular complexity index is 519. The molecule has 1 aromatic carbocycles. The van der Waals surface area contributed by atoms with Gasteiger partial charge in [0.15, 0.2) is 0 Å². The van der Waals surface area contributed by atoms with Gasteiger partial charge in [-0.2, -0.15) is 0 Å². The number of nitrogens with zero attached hydrogens (tertiary/aromatic N) is 2. The molecule has 0 spiro atoms. The van der Waals surface area contributed by atoms with Gasteiger partial charge in [0.05, 0.1) is 5.60 Å². The van der Waals surface area contributed by atoms with Crippen LogP contribution < -0.4 is 10.6 Å². The number of amidine groups is 1. The van der Waals surface area contributed by atoms with Gasteiger partial charge in [0, 0.05) is 44.0 Å². The smallest absolute Gasteiger partial charge is 0.125 e. The maximum Gasteiger partial charge on any atom is 0.125 e. The van der Waals surface area contributed by atoms with Crippen molar-refractivity contribution >= 4 is 11.5 Å². The number of β-amino-alcohol motifs (C(OH)–C–C–N with tert-alkyl or cyclic N) is 1. The van der Waals surface area contributed by atoms with E-state index in [1.54, 1.807) is 19.9 Å². The molecule has 1 fully saturated rings. The molecule has 1 aliphatic rings. The number of aliphatic hydroxyl groups is 1. The number of nitrogen functional groups attached to an aromatic ring is 1. The molecule has 1 aliphatic heterocycles. The van der Waals surface area contributed by atoms with E-state index in [-0.39, 0.29) is 11.7 Å². The third-order valence-corrected chi connectivity index (χ3v) is 3.57. The van der Waals surface area contributed by atoms with Crippen LogP contribution >= 0.6 is 0 Å². The first-order valence-corrected chi connectivity index (χ1v) is 7.10. The van der Waals surface area contributed by atoms with Crippen LogP contribution in [0.4, 0.5) is 10.1 Å². The van der Waals surface area contributed by atoms with Gasteiger partial charge < -0.3 is 15.7 Å². The van der Waals surface area contributed by atoms with E-state index in [1.165, 1.54) is 12.1 Å². The van der Waals surface area contributed by atoms with Gasteiger partial charge in [0.25, 0.3) is 0 Å². The fraction of sp³-hybridized carbons (Fsp3) is 0.533. The summed E-state index contributed by atoms with van der Waals surface area (Å²) in [6, 6.07) is 4.38. The molecule has 0 atom stereocenters. The fourth-order valence-corrected chi connectivity index (χ4v) is 2.69. The van der Waals surface area contributed by atoms with E-state index in [4.69, 9.17) is 11.1 Å². The lowest BCUT2D eigenvalue weighted by molar-refractivity contribution is 0.0345. The zero-order valence-corrected chi connectivity index (χ0v) is 12.6. The number of benzene rings is 1. The Morgan fingerprint density at radius 1 is 1.33 bits per heavy atom. The molecular formula is C15H23FN4O. The molecule has 0 bridgehead atoms.